The highest BCUT2D eigenvalue weighted by Gasteiger charge is 2.11. The molecule has 0 unspecified atom stereocenters. The van der Waals surface area contributed by atoms with E-state index in [1.807, 2.05) is 6.20 Å². The molecule has 0 saturated heterocycles. The van der Waals surface area contributed by atoms with Crippen LogP contribution in [0.5, 0.6) is 0 Å². The first-order chi connectivity index (χ1) is 10.2. The lowest BCUT2D eigenvalue weighted by atomic mass is 10.1. The van der Waals surface area contributed by atoms with Crippen LogP contribution in [0.25, 0.3) is 20.9 Å². The Morgan fingerprint density at radius 1 is 1.19 bits per heavy atom. The predicted octanol–water partition coefficient (Wildman–Crippen LogP) is 3.99. The zero-order valence-electron chi connectivity index (χ0n) is 12.3. The van der Waals surface area contributed by atoms with Crippen LogP contribution >= 0.6 is 11.3 Å². The van der Waals surface area contributed by atoms with Crippen LogP contribution in [0.15, 0.2) is 24.5 Å². The van der Waals surface area contributed by atoms with Crippen molar-refractivity contribution in [2.24, 2.45) is 0 Å². The van der Waals surface area contributed by atoms with Gasteiger partial charge in [0.05, 0.1) is 10.2 Å². The first-order valence-corrected chi connectivity index (χ1v) is 7.97. The number of fused-ring (bicyclic) bond motifs is 1. The molecule has 0 aliphatic carbocycles. The lowest BCUT2D eigenvalue weighted by molar-refractivity contribution is 0.791. The van der Waals surface area contributed by atoms with E-state index in [2.05, 4.69) is 34.9 Å². The molecule has 0 radical (unpaired) electrons. The minimum Gasteiger partial charge on any atom is -0.384 e. The maximum atomic E-state index is 5.71. The standard InChI is InChI=1S/C16H18N4S/c1-3-4-5-11-6-10(2)15(19-8-11)16-20-12-7-14(17)18-9-13(12)21-16/h6-9H,3-5H2,1-2H3,(H2,17,18). The fourth-order valence-corrected chi connectivity index (χ4v) is 3.30. The molecule has 3 rings (SSSR count). The number of nitrogen functional groups attached to an aromatic ring is 1. The number of anilines is 1. The number of nitrogens with two attached hydrogens (primary N) is 1. The van der Waals surface area contributed by atoms with Gasteiger partial charge in [-0.1, -0.05) is 19.4 Å². The monoisotopic (exact) mass is 298 g/mol. The maximum absolute atomic E-state index is 5.71. The van der Waals surface area contributed by atoms with Crippen molar-refractivity contribution >= 4 is 27.4 Å². The van der Waals surface area contributed by atoms with Crippen molar-refractivity contribution in [1.29, 1.82) is 0 Å². The van der Waals surface area contributed by atoms with Crippen molar-refractivity contribution in [2.45, 2.75) is 33.1 Å². The Labute approximate surface area is 128 Å². The van der Waals surface area contributed by atoms with Crippen molar-refractivity contribution in [2.75, 3.05) is 5.73 Å². The highest BCUT2D eigenvalue weighted by Crippen LogP contribution is 2.31. The summed E-state index contributed by atoms with van der Waals surface area (Å²) in [6, 6.07) is 4.02. The molecule has 0 aliphatic heterocycles. The Hall–Kier alpha value is -2.01. The van der Waals surface area contributed by atoms with Gasteiger partial charge >= 0.3 is 0 Å². The summed E-state index contributed by atoms with van der Waals surface area (Å²) in [6.45, 7) is 4.30. The van der Waals surface area contributed by atoms with Crippen LogP contribution in [0.4, 0.5) is 5.82 Å². The normalized spacial score (nSPS) is 11.1. The van der Waals surface area contributed by atoms with E-state index < -0.39 is 0 Å². The fraction of sp³-hybridized carbons (Fsp3) is 0.312. The van der Waals surface area contributed by atoms with Crippen molar-refractivity contribution in [3.8, 4) is 10.7 Å². The average Bonchev–Trinajstić information content (AvgIpc) is 2.87. The van der Waals surface area contributed by atoms with Crippen LogP contribution < -0.4 is 5.73 Å². The lowest BCUT2D eigenvalue weighted by Gasteiger charge is -2.05. The Morgan fingerprint density at radius 3 is 2.81 bits per heavy atom. The second-order valence-electron chi connectivity index (χ2n) is 5.21. The summed E-state index contributed by atoms with van der Waals surface area (Å²) < 4.78 is 1.04. The van der Waals surface area contributed by atoms with Gasteiger partial charge in [-0.25, -0.2) is 9.97 Å². The largest absolute Gasteiger partial charge is 0.384 e. The van der Waals surface area contributed by atoms with Gasteiger partial charge in [0.15, 0.2) is 0 Å². The van der Waals surface area contributed by atoms with Crippen molar-refractivity contribution in [1.82, 2.24) is 15.0 Å². The Kier molecular flexibility index (Phi) is 3.84. The summed E-state index contributed by atoms with van der Waals surface area (Å²) in [5, 5.41) is 0.928. The van der Waals surface area contributed by atoms with Crippen molar-refractivity contribution < 1.29 is 0 Å². The molecular formula is C16H18N4S. The van der Waals surface area contributed by atoms with E-state index in [4.69, 9.17) is 5.73 Å². The predicted molar refractivity (Wildman–Crippen MR) is 88.4 cm³/mol. The van der Waals surface area contributed by atoms with Gasteiger partial charge in [-0.05, 0) is 30.9 Å². The van der Waals surface area contributed by atoms with Gasteiger partial charge in [0.2, 0.25) is 0 Å². The maximum Gasteiger partial charge on any atom is 0.143 e. The van der Waals surface area contributed by atoms with E-state index in [-0.39, 0.29) is 0 Å². The first-order valence-electron chi connectivity index (χ1n) is 7.15. The van der Waals surface area contributed by atoms with E-state index in [1.54, 1.807) is 23.6 Å². The second kappa shape index (κ2) is 5.77. The van der Waals surface area contributed by atoms with Gasteiger partial charge in [0, 0.05) is 18.5 Å². The van der Waals surface area contributed by atoms with Gasteiger partial charge in [0.1, 0.15) is 16.5 Å². The molecule has 3 aromatic rings. The van der Waals surface area contributed by atoms with Gasteiger partial charge in [-0.15, -0.1) is 11.3 Å². The third kappa shape index (κ3) is 2.88. The van der Waals surface area contributed by atoms with Crippen LogP contribution in [0, 0.1) is 6.92 Å². The minimum atomic E-state index is 0.499. The van der Waals surface area contributed by atoms with Crippen LogP contribution in [0.1, 0.15) is 30.9 Å². The zero-order valence-corrected chi connectivity index (χ0v) is 13.1. The summed E-state index contributed by atoms with van der Waals surface area (Å²) in [6.07, 6.45) is 7.23. The van der Waals surface area contributed by atoms with Crippen LogP contribution in [-0.2, 0) is 6.42 Å². The number of unbranched alkanes of at least 4 members (excludes halogenated alkanes) is 1. The number of rotatable bonds is 4. The minimum absolute atomic E-state index is 0.499. The van der Waals surface area contributed by atoms with Gasteiger partial charge in [-0.2, -0.15) is 0 Å². The number of hydrogen-bond donors (Lipinski definition) is 1. The number of aryl methyl sites for hydroxylation is 2. The highest BCUT2D eigenvalue weighted by atomic mass is 32.1. The molecule has 2 N–H and O–H groups in total. The molecule has 3 aromatic heterocycles. The lowest BCUT2D eigenvalue weighted by Crippen LogP contribution is -1.92. The third-order valence-electron chi connectivity index (χ3n) is 3.45. The van der Waals surface area contributed by atoms with Gasteiger partial charge in [-0.3, -0.25) is 4.98 Å². The number of aromatic nitrogens is 3. The van der Waals surface area contributed by atoms with Crippen LogP contribution in [-0.4, -0.2) is 15.0 Å². The molecular weight excluding hydrogens is 280 g/mol. The Bertz CT molecular complexity index is 779. The van der Waals surface area contributed by atoms with E-state index in [9.17, 15) is 0 Å². The molecule has 0 bridgehead atoms. The number of thiazole rings is 1. The topological polar surface area (TPSA) is 64.7 Å². The molecule has 108 valence electrons. The molecule has 0 fully saturated rings. The highest BCUT2D eigenvalue weighted by molar-refractivity contribution is 7.21. The van der Waals surface area contributed by atoms with E-state index in [0.29, 0.717) is 5.82 Å². The molecule has 4 nitrogen and oxygen atoms in total. The van der Waals surface area contributed by atoms with Gasteiger partial charge < -0.3 is 5.73 Å². The first kappa shape index (κ1) is 13.9. The zero-order chi connectivity index (χ0) is 14.8. The fourth-order valence-electron chi connectivity index (χ4n) is 2.33. The molecule has 0 saturated carbocycles. The SMILES string of the molecule is CCCCc1cnc(-c2nc3cc(N)ncc3s2)c(C)c1. The second-order valence-corrected chi connectivity index (χ2v) is 6.24. The van der Waals surface area contributed by atoms with E-state index in [0.717, 1.165) is 27.3 Å². The number of nitrogens with zero attached hydrogens (tertiary/aromatic N) is 3. The smallest absolute Gasteiger partial charge is 0.143 e. The number of pyridine rings is 2. The van der Waals surface area contributed by atoms with Crippen LogP contribution in [0.2, 0.25) is 0 Å². The summed E-state index contributed by atoms with van der Waals surface area (Å²) in [5.74, 6) is 0.499. The molecule has 0 amide bonds. The summed E-state index contributed by atoms with van der Waals surface area (Å²) >= 11 is 1.61. The van der Waals surface area contributed by atoms with Crippen LogP contribution in [0.3, 0.4) is 0 Å². The molecule has 21 heavy (non-hydrogen) atoms. The van der Waals surface area contributed by atoms with E-state index in [1.165, 1.54) is 24.0 Å². The summed E-state index contributed by atoms with van der Waals surface area (Å²) in [4.78, 5) is 13.4. The summed E-state index contributed by atoms with van der Waals surface area (Å²) in [7, 11) is 0. The molecule has 3 heterocycles. The molecule has 0 spiro atoms. The van der Waals surface area contributed by atoms with Gasteiger partial charge in [0.25, 0.3) is 0 Å². The summed E-state index contributed by atoms with van der Waals surface area (Å²) in [5.41, 5.74) is 10.0. The molecule has 0 aliphatic rings. The third-order valence-corrected chi connectivity index (χ3v) is 4.47. The number of hydrogen-bond acceptors (Lipinski definition) is 5. The quantitative estimate of drug-likeness (QED) is 0.791. The molecule has 0 atom stereocenters. The molecule has 5 heteroatoms. The molecule has 0 aromatic carbocycles. The van der Waals surface area contributed by atoms with Crippen molar-refractivity contribution in [3.63, 3.8) is 0 Å². The Morgan fingerprint density at radius 2 is 2.05 bits per heavy atom. The van der Waals surface area contributed by atoms with Crippen molar-refractivity contribution in [3.05, 3.63) is 35.7 Å². The Balaban J connectivity index is 1.98. The van der Waals surface area contributed by atoms with E-state index >= 15 is 0 Å². The average molecular weight is 298 g/mol.